The van der Waals surface area contributed by atoms with E-state index in [1.54, 1.807) is 11.3 Å². The maximum Gasteiger partial charge on any atom is 0.314 e. The van der Waals surface area contributed by atoms with Gasteiger partial charge in [0.2, 0.25) is 0 Å². The first kappa shape index (κ1) is 17.3. The van der Waals surface area contributed by atoms with E-state index in [4.69, 9.17) is 0 Å². The monoisotopic (exact) mass is 341 g/mol. The highest BCUT2D eigenvalue weighted by molar-refractivity contribution is 7.09. The Balaban J connectivity index is 1.71. The highest BCUT2D eigenvalue weighted by Crippen LogP contribution is 2.15. The Morgan fingerprint density at radius 1 is 1.35 bits per heavy atom. The van der Waals surface area contributed by atoms with Crippen LogP contribution in [0.2, 0.25) is 0 Å². The molecule has 1 aromatic heterocycles. The number of carbonyl (C=O) groups excluding carboxylic acids is 1. The molecule has 0 saturated carbocycles. The van der Waals surface area contributed by atoms with E-state index in [-0.39, 0.29) is 12.1 Å². The zero-order valence-electron chi connectivity index (χ0n) is 12.5. The molecular weight excluding hydrogens is 324 g/mol. The second kappa shape index (κ2) is 7.98. The van der Waals surface area contributed by atoms with E-state index in [0.717, 1.165) is 22.8 Å². The van der Waals surface area contributed by atoms with Crippen molar-refractivity contribution in [1.29, 1.82) is 0 Å². The van der Waals surface area contributed by atoms with Gasteiger partial charge >= 0.3 is 6.03 Å². The summed E-state index contributed by atoms with van der Waals surface area (Å²) in [6.07, 6.45) is -0.499. The van der Waals surface area contributed by atoms with Crippen molar-refractivity contribution in [2.24, 2.45) is 0 Å². The minimum Gasteiger partial charge on any atom is -0.387 e. The first-order valence-corrected chi connectivity index (χ1v) is 7.89. The largest absolute Gasteiger partial charge is 0.387 e. The van der Waals surface area contributed by atoms with Crippen molar-refractivity contribution in [3.05, 3.63) is 51.5 Å². The Hall–Kier alpha value is -2.06. The van der Waals surface area contributed by atoms with Crippen LogP contribution in [0.15, 0.2) is 23.6 Å². The average molecular weight is 341 g/mol. The molecule has 124 valence electrons. The number of hydrogen-bond donors (Lipinski definition) is 3. The molecule has 0 spiro atoms. The fourth-order valence-electron chi connectivity index (χ4n) is 1.92. The molecule has 5 nitrogen and oxygen atoms in total. The van der Waals surface area contributed by atoms with Crippen LogP contribution in [0.1, 0.15) is 22.4 Å². The average Bonchev–Trinajstić information content (AvgIpc) is 2.93. The molecule has 2 aromatic rings. The molecule has 8 heteroatoms. The number of rotatable bonds is 6. The lowest BCUT2D eigenvalue weighted by molar-refractivity contribution is 0.172. The van der Waals surface area contributed by atoms with E-state index in [1.165, 1.54) is 6.07 Å². The van der Waals surface area contributed by atoms with Crippen molar-refractivity contribution < 1.29 is 18.7 Å². The summed E-state index contributed by atoms with van der Waals surface area (Å²) < 4.78 is 25.9. The van der Waals surface area contributed by atoms with E-state index in [1.807, 2.05) is 12.3 Å². The van der Waals surface area contributed by atoms with Gasteiger partial charge in [-0.15, -0.1) is 11.3 Å². The molecule has 1 aromatic carbocycles. The highest BCUT2D eigenvalue weighted by atomic mass is 32.1. The molecule has 0 aliphatic carbocycles. The molecule has 23 heavy (non-hydrogen) atoms. The number of aliphatic hydroxyl groups excluding tert-OH is 1. The third-order valence-corrected chi connectivity index (χ3v) is 3.94. The molecule has 0 unspecified atom stereocenters. The van der Waals surface area contributed by atoms with Gasteiger partial charge in [-0.25, -0.2) is 18.6 Å². The lowest BCUT2D eigenvalue weighted by Crippen LogP contribution is -2.38. The van der Waals surface area contributed by atoms with Gasteiger partial charge in [0, 0.05) is 24.9 Å². The van der Waals surface area contributed by atoms with Gasteiger partial charge in [0.05, 0.1) is 16.8 Å². The molecule has 3 N–H and O–H groups in total. The van der Waals surface area contributed by atoms with E-state index in [0.29, 0.717) is 13.0 Å². The van der Waals surface area contributed by atoms with E-state index >= 15 is 0 Å². The molecule has 0 radical (unpaired) electrons. The number of hydrogen-bond acceptors (Lipinski definition) is 4. The summed E-state index contributed by atoms with van der Waals surface area (Å²) in [5.41, 5.74) is 1.11. The van der Waals surface area contributed by atoms with Crippen LogP contribution in [0.5, 0.6) is 0 Å². The molecule has 0 aliphatic rings. The number of carbonyl (C=O) groups is 1. The second-order valence-corrected chi connectivity index (χ2v) is 6.00. The number of urea groups is 1. The molecular formula is C15H17F2N3O2S. The van der Waals surface area contributed by atoms with Crippen molar-refractivity contribution >= 4 is 17.4 Å². The van der Waals surface area contributed by atoms with Crippen LogP contribution in [0.4, 0.5) is 13.6 Å². The number of benzene rings is 1. The van der Waals surface area contributed by atoms with Crippen LogP contribution in [0, 0.1) is 18.6 Å². The molecule has 2 rings (SSSR count). The number of amides is 2. The van der Waals surface area contributed by atoms with Crippen molar-refractivity contribution in [2.75, 3.05) is 13.1 Å². The smallest absolute Gasteiger partial charge is 0.314 e. The molecule has 1 atom stereocenters. The third kappa shape index (κ3) is 5.26. The number of aryl methyl sites for hydroxylation is 1. The maximum absolute atomic E-state index is 13.1. The Morgan fingerprint density at radius 2 is 2.13 bits per heavy atom. The third-order valence-electron chi connectivity index (χ3n) is 3.12. The predicted octanol–water partition coefficient (Wildman–Crippen LogP) is 2.31. The van der Waals surface area contributed by atoms with Gasteiger partial charge in [0.1, 0.15) is 0 Å². The maximum atomic E-state index is 13.1. The summed E-state index contributed by atoms with van der Waals surface area (Å²) in [4.78, 5) is 15.9. The van der Waals surface area contributed by atoms with Crippen molar-refractivity contribution in [1.82, 2.24) is 15.6 Å². The number of aromatic nitrogens is 1. The van der Waals surface area contributed by atoms with E-state index in [9.17, 15) is 18.7 Å². The van der Waals surface area contributed by atoms with Gasteiger partial charge < -0.3 is 15.7 Å². The van der Waals surface area contributed by atoms with Gasteiger partial charge in [-0.3, -0.25) is 0 Å². The lowest BCUT2D eigenvalue weighted by Gasteiger charge is -2.13. The quantitative estimate of drug-likeness (QED) is 0.755. The zero-order valence-corrected chi connectivity index (χ0v) is 13.3. The number of nitrogens with zero attached hydrogens (tertiary/aromatic N) is 1. The minimum absolute atomic E-state index is 0.104. The Morgan fingerprint density at radius 3 is 2.78 bits per heavy atom. The molecule has 0 fully saturated rings. The summed E-state index contributed by atoms with van der Waals surface area (Å²) >= 11 is 1.55. The van der Waals surface area contributed by atoms with Gasteiger partial charge in [-0.1, -0.05) is 6.07 Å². The predicted molar refractivity (Wildman–Crippen MR) is 83.3 cm³/mol. The second-order valence-electron chi connectivity index (χ2n) is 4.93. The minimum atomic E-state index is -1.11. The van der Waals surface area contributed by atoms with Crippen molar-refractivity contribution in [3.8, 4) is 0 Å². The summed E-state index contributed by atoms with van der Waals surface area (Å²) in [6.45, 7) is 2.22. The fraction of sp³-hybridized carbons (Fsp3) is 0.333. The fourth-order valence-corrected chi connectivity index (χ4v) is 2.56. The summed E-state index contributed by atoms with van der Waals surface area (Å²) in [7, 11) is 0. The van der Waals surface area contributed by atoms with Gasteiger partial charge in [-0.2, -0.15) is 0 Å². The van der Waals surface area contributed by atoms with Gasteiger partial charge in [-0.05, 0) is 24.6 Å². The zero-order chi connectivity index (χ0) is 16.8. The first-order chi connectivity index (χ1) is 11.0. The topological polar surface area (TPSA) is 74.2 Å². The molecule has 0 aliphatic heterocycles. The molecule has 0 bridgehead atoms. The van der Waals surface area contributed by atoms with Crippen molar-refractivity contribution in [2.45, 2.75) is 19.4 Å². The van der Waals surface area contributed by atoms with Crippen LogP contribution in [0.25, 0.3) is 0 Å². The summed E-state index contributed by atoms with van der Waals surface area (Å²) in [5.74, 6) is -2.02. The summed E-state index contributed by atoms with van der Waals surface area (Å²) in [6, 6.07) is 2.67. The molecule has 2 amide bonds. The van der Waals surface area contributed by atoms with Crippen LogP contribution < -0.4 is 10.6 Å². The number of aliphatic hydroxyl groups is 1. The Labute approximate surface area is 136 Å². The van der Waals surface area contributed by atoms with E-state index < -0.39 is 23.8 Å². The SMILES string of the molecule is Cc1nc(CCNC(=O)NC[C@@H](O)c2ccc(F)c(F)c2)cs1. The van der Waals surface area contributed by atoms with Crippen LogP contribution in [-0.2, 0) is 6.42 Å². The highest BCUT2D eigenvalue weighted by Gasteiger charge is 2.12. The van der Waals surface area contributed by atoms with Crippen LogP contribution in [-0.4, -0.2) is 29.2 Å². The standard InChI is InChI=1S/C15H17F2N3O2S/c1-9-20-11(8-23-9)4-5-18-15(22)19-7-14(21)10-2-3-12(16)13(17)6-10/h2-3,6,8,14,21H,4-5,7H2,1H3,(H2,18,19,22)/t14-/m1/s1. The Kier molecular flexibility index (Phi) is 6.00. The van der Waals surface area contributed by atoms with Gasteiger partial charge in [0.25, 0.3) is 0 Å². The van der Waals surface area contributed by atoms with Gasteiger partial charge in [0.15, 0.2) is 11.6 Å². The first-order valence-electron chi connectivity index (χ1n) is 7.01. The molecule has 1 heterocycles. The van der Waals surface area contributed by atoms with Crippen molar-refractivity contribution in [3.63, 3.8) is 0 Å². The normalized spacial score (nSPS) is 12.0. The van der Waals surface area contributed by atoms with Crippen LogP contribution >= 0.6 is 11.3 Å². The Bertz CT molecular complexity index is 678. The van der Waals surface area contributed by atoms with E-state index in [2.05, 4.69) is 15.6 Å². The van der Waals surface area contributed by atoms with Crippen LogP contribution in [0.3, 0.4) is 0 Å². The number of nitrogens with one attached hydrogen (secondary N) is 2. The number of thiazole rings is 1. The lowest BCUT2D eigenvalue weighted by atomic mass is 10.1. The molecule has 0 saturated heterocycles. The number of halogens is 2. The summed E-state index contributed by atoms with van der Waals surface area (Å²) in [5, 5.41) is 17.9.